The number of aromatic nitrogens is 3. The summed E-state index contributed by atoms with van der Waals surface area (Å²) in [4.78, 5) is 10.5. The molecule has 0 aromatic carbocycles. The fourth-order valence-corrected chi connectivity index (χ4v) is 1.55. The largest absolute Gasteiger partial charge is 0.481 e. The Morgan fingerprint density at radius 1 is 1.50 bits per heavy atom. The van der Waals surface area contributed by atoms with E-state index >= 15 is 0 Å². The fourth-order valence-electron chi connectivity index (χ4n) is 1.19. The highest BCUT2D eigenvalue weighted by molar-refractivity contribution is 9.10. The monoisotopic (exact) mass is 255 g/mol. The molecule has 14 heavy (non-hydrogen) atoms. The van der Waals surface area contributed by atoms with Crippen molar-refractivity contribution in [3.63, 3.8) is 0 Å². The van der Waals surface area contributed by atoms with E-state index in [1.54, 1.807) is 22.7 Å². The Hall–Kier alpha value is -1.43. The van der Waals surface area contributed by atoms with Crippen molar-refractivity contribution in [2.24, 2.45) is 0 Å². The minimum Gasteiger partial charge on any atom is -0.481 e. The van der Waals surface area contributed by atoms with Gasteiger partial charge in [-0.2, -0.15) is 0 Å². The molecular weight excluding hydrogens is 250 g/mol. The van der Waals surface area contributed by atoms with Crippen molar-refractivity contribution in [3.8, 4) is 0 Å². The van der Waals surface area contributed by atoms with E-state index in [9.17, 15) is 4.79 Å². The molecule has 2 heterocycles. The van der Waals surface area contributed by atoms with Gasteiger partial charge in [0.1, 0.15) is 0 Å². The molecule has 0 radical (unpaired) electrons. The van der Waals surface area contributed by atoms with Crippen molar-refractivity contribution in [3.05, 3.63) is 28.6 Å². The number of carboxylic acid groups (broad SMARTS) is 1. The lowest BCUT2D eigenvalue weighted by Crippen LogP contribution is -2.01. The Labute approximate surface area is 87.5 Å². The first-order valence-electron chi connectivity index (χ1n) is 3.88. The summed E-state index contributed by atoms with van der Waals surface area (Å²) in [5.74, 6) is -0.853. The van der Waals surface area contributed by atoms with Crippen molar-refractivity contribution in [1.82, 2.24) is 14.6 Å². The second kappa shape index (κ2) is 3.38. The molecule has 0 bridgehead atoms. The van der Waals surface area contributed by atoms with E-state index in [0.29, 0.717) is 15.9 Å². The van der Waals surface area contributed by atoms with Crippen LogP contribution in [0.25, 0.3) is 5.65 Å². The van der Waals surface area contributed by atoms with Crippen LogP contribution in [-0.4, -0.2) is 25.7 Å². The number of carbonyl (C=O) groups is 1. The first kappa shape index (κ1) is 9.14. The first-order chi connectivity index (χ1) is 6.66. The van der Waals surface area contributed by atoms with Crippen molar-refractivity contribution in [2.75, 3.05) is 0 Å². The lowest BCUT2D eigenvalue weighted by Gasteiger charge is -1.98. The standard InChI is InChI=1S/C8H6BrN3O2/c9-8-11-10-6-2-1-5(3-7(13)14)4-12(6)8/h1-2,4H,3H2,(H,13,14). The second-order valence-electron chi connectivity index (χ2n) is 2.81. The lowest BCUT2D eigenvalue weighted by atomic mass is 10.2. The summed E-state index contributed by atoms with van der Waals surface area (Å²) in [7, 11) is 0. The molecule has 2 rings (SSSR count). The highest BCUT2D eigenvalue weighted by atomic mass is 79.9. The van der Waals surface area contributed by atoms with E-state index in [1.807, 2.05) is 0 Å². The predicted molar refractivity (Wildman–Crippen MR) is 52.0 cm³/mol. The van der Waals surface area contributed by atoms with Gasteiger partial charge in [-0.3, -0.25) is 9.20 Å². The quantitative estimate of drug-likeness (QED) is 0.874. The molecule has 2 aromatic heterocycles. The Balaban J connectivity index is 2.49. The summed E-state index contributed by atoms with van der Waals surface area (Å²) in [6.45, 7) is 0. The van der Waals surface area contributed by atoms with Crippen LogP contribution < -0.4 is 0 Å². The molecule has 72 valence electrons. The molecule has 0 atom stereocenters. The second-order valence-corrected chi connectivity index (χ2v) is 3.51. The average Bonchev–Trinajstić information content (AvgIpc) is 2.47. The van der Waals surface area contributed by atoms with E-state index in [1.165, 1.54) is 0 Å². The Morgan fingerprint density at radius 3 is 3.00 bits per heavy atom. The number of nitrogens with zero attached hydrogens (tertiary/aromatic N) is 3. The summed E-state index contributed by atoms with van der Waals surface area (Å²) < 4.78 is 2.26. The van der Waals surface area contributed by atoms with Crippen LogP contribution >= 0.6 is 15.9 Å². The van der Waals surface area contributed by atoms with Gasteiger partial charge in [-0.15, -0.1) is 10.2 Å². The molecule has 0 spiro atoms. The Kier molecular flexibility index (Phi) is 2.20. The van der Waals surface area contributed by atoms with Crippen LogP contribution in [0.2, 0.25) is 0 Å². The van der Waals surface area contributed by atoms with Gasteiger partial charge in [0.25, 0.3) is 0 Å². The van der Waals surface area contributed by atoms with Gasteiger partial charge in [-0.25, -0.2) is 0 Å². The number of rotatable bonds is 2. The molecule has 1 N–H and O–H groups in total. The Morgan fingerprint density at radius 2 is 2.29 bits per heavy atom. The normalized spacial score (nSPS) is 10.6. The van der Waals surface area contributed by atoms with Crippen LogP contribution in [0.4, 0.5) is 0 Å². The average molecular weight is 256 g/mol. The first-order valence-corrected chi connectivity index (χ1v) is 4.67. The molecule has 6 heteroatoms. The van der Waals surface area contributed by atoms with Crippen LogP contribution in [-0.2, 0) is 11.2 Å². The van der Waals surface area contributed by atoms with Gasteiger partial charge in [0.2, 0.25) is 4.73 Å². The van der Waals surface area contributed by atoms with Gasteiger partial charge in [-0.1, -0.05) is 6.07 Å². The van der Waals surface area contributed by atoms with Crippen molar-refractivity contribution >= 4 is 27.5 Å². The topological polar surface area (TPSA) is 67.5 Å². The van der Waals surface area contributed by atoms with Crippen molar-refractivity contribution in [1.29, 1.82) is 0 Å². The molecule has 0 fully saturated rings. The predicted octanol–water partition coefficient (Wildman–Crippen LogP) is 1.12. The SMILES string of the molecule is O=C(O)Cc1ccc2nnc(Br)n2c1. The molecule has 0 aliphatic carbocycles. The van der Waals surface area contributed by atoms with Crippen molar-refractivity contribution < 1.29 is 9.90 Å². The summed E-state index contributed by atoms with van der Waals surface area (Å²) in [5.41, 5.74) is 1.40. The molecule has 0 unspecified atom stereocenters. The van der Waals surface area contributed by atoms with E-state index in [4.69, 9.17) is 5.11 Å². The zero-order valence-corrected chi connectivity index (χ0v) is 8.60. The van der Waals surface area contributed by atoms with E-state index < -0.39 is 5.97 Å². The van der Waals surface area contributed by atoms with Crippen LogP contribution in [0.5, 0.6) is 0 Å². The summed E-state index contributed by atoms with van der Waals surface area (Å²) in [6, 6.07) is 3.46. The maximum Gasteiger partial charge on any atom is 0.307 e. The lowest BCUT2D eigenvalue weighted by molar-refractivity contribution is -0.136. The number of aliphatic carboxylic acids is 1. The number of fused-ring (bicyclic) bond motifs is 1. The highest BCUT2D eigenvalue weighted by Gasteiger charge is 2.05. The van der Waals surface area contributed by atoms with Crippen LogP contribution in [0.3, 0.4) is 0 Å². The van der Waals surface area contributed by atoms with Gasteiger partial charge >= 0.3 is 5.97 Å². The molecule has 5 nitrogen and oxygen atoms in total. The summed E-state index contributed by atoms with van der Waals surface area (Å²) >= 11 is 3.21. The molecule has 0 aliphatic heterocycles. The molecule has 0 aliphatic rings. The Bertz CT molecular complexity index is 494. The maximum absolute atomic E-state index is 10.5. The molecule has 0 amide bonds. The van der Waals surface area contributed by atoms with Gasteiger partial charge in [0.15, 0.2) is 5.65 Å². The minimum absolute atomic E-state index is 0.000556. The van der Waals surface area contributed by atoms with Crippen LogP contribution in [0.1, 0.15) is 5.56 Å². The van der Waals surface area contributed by atoms with Gasteiger partial charge < -0.3 is 5.11 Å². The zero-order chi connectivity index (χ0) is 10.1. The van der Waals surface area contributed by atoms with Gasteiger partial charge in [0.05, 0.1) is 6.42 Å². The minimum atomic E-state index is -0.853. The molecule has 0 saturated heterocycles. The van der Waals surface area contributed by atoms with E-state index in [2.05, 4.69) is 26.1 Å². The summed E-state index contributed by atoms with van der Waals surface area (Å²) in [5, 5.41) is 16.3. The fraction of sp³-hybridized carbons (Fsp3) is 0.125. The smallest absolute Gasteiger partial charge is 0.307 e. The van der Waals surface area contributed by atoms with Crippen LogP contribution in [0, 0.1) is 0 Å². The van der Waals surface area contributed by atoms with E-state index in [0.717, 1.165) is 0 Å². The highest BCUT2D eigenvalue weighted by Crippen LogP contribution is 2.11. The van der Waals surface area contributed by atoms with Gasteiger partial charge in [-0.05, 0) is 27.6 Å². The third kappa shape index (κ3) is 1.60. The molecule has 2 aromatic rings. The van der Waals surface area contributed by atoms with Crippen molar-refractivity contribution in [2.45, 2.75) is 6.42 Å². The maximum atomic E-state index is 10.5. The third-order valence-electron chi connectivity index (χ3n) is 1.78. The number of hydrogen-bond acceptors (Lipinski definition) is 3. The number of pyridine rings is 1. The molecular formula is C8H6BrN3O2. The number of halogens is 1. The third-order valence-corrected chi connectivity index (χ3v) is 2.32. The van der Waals surface area contributed by atoms with Gasteiger partial charge in [0, 0.05) is 6.20 Å². The molecule has 0 saturated carbocycles. The van der Waals surface area contributed by atoms with Crippen LogP contribution in [0.15, 0.2) is 23.1 Å². The number of carboxylic acids is 1. The summed E-state index contributed by atoms with van der Waals surface area (Å²) in [6.07, 6.45) is 1.70. The van der Waals surface area contributed by atoms with E-state index in [-0.39, 0.29) is 6.42 Å². The zero-order valence-electron chi connectivity index (χ0n) is 7.01. The number of hydrogen-bond donors (Lipinski definition) is 1.